The summed E-state index contributed by atoms with van der Waals surface area (Å²) in [6.07, 6.45) is 1.48. The second kappa shape index (κ2) is 7.07. The number of amides is 2. The molecule has 0 saturated carbocycles. The van der Waals surface area contributed by atoms with E-state index in [1.165, 1.54) is 18.4 Å². The van der Waals surface area contributed by atoms with Gasteiger partial charge in [0.1, 0.15) is 11.5 Å². The molecule has 114 valence electrons. The Morgan fingerprint density at radius 2 is 1.91 bits per heavy atom. The van der Waals surface area contributed by atoms with Crippen molar-refractivity contribution in [1.29, 1.82) is 0 Å². The highest BCUT2D eigenvalue weighted by Gasteiger charge is 2.13. The quantitative estimate of drug-likeness (QED) is 0.447. The van der Waals surface area contributed by atoms with Crippen molar-refractivity contribution in [3.63, 3.8) is 0 Å². The molecular formula is C15H15N3O4. The third kappa shape index (κ3) is 4.20. The predicted molar refractivity (Wildman–Crippen MR) is 79.0 cm³/mol. The van der Waals surface area contributed by atoms with E-state index in [1.54, 1.807) is 31.2 Å². The van der Waals surface area contributed by atoms with Gasteiger partial charge in [0.2, 0.25) is 0 Å². The molecule has 0 bridgehead atoms. The van der Waals surface area contributed by atoms with Crippen molar-refractivity contribution in [2.24, 2.45) is 5.10 Å². The van der Waals surface area contributed by atoms with Crippen molar-refractivity contribution in [3.05, 3.63) is 54.0 Å². The Kier molecular flexibility index (Phi) is 4.92. The van der Waals surface area contributed by atoms with Crippen LogP contribution in [0.5, 0.6) is 5.75 Å². The lowest BCUT2D eigenvalue weighted by molar-refractivity contribution is -0.139. The zero-order valence-corrected chi connectivity index (χ0v) is 11.9. The van der Waals surface area contributed by atoms with Crippen LogP contribution in [0.4, 0.5) is 0 Å². The van der Waals surface area contributed by atoms with Crippen molar-refractivity contribution in [2.75, 3.05) is 0 Å². The molecule has 1 aromatic heterocycles. The summed E-state index contributed by atoms with van der Waals surface area (Å²) in [6, 6.07) is 9.69. The maximum atomic E-state index is 11.6. The molecule has 0 spiro atoms. The number of phenolic OH excluding ortho intramolecular Hbond substituents is 1. The molecule has 0 aliphatic carbocycles. The summed E-state index contributed by atoms with van der Waals surface area (Å²) in [5.41, 5.74) is 3.39. The summed E-state index contributed by atoms with van der Waals surface area (Å²) in [6.45, 7) is 1.80. The average molecular weight is 301 g/mol. The molecule has 22 heavy (non-hydrogen) atoms. The number of carbonyl (C=O) groups excluding carboxylic acids is 2. The first-order valence-electron chi connectivity index (χ1n) is 6.50. The lowest BCUT2D eigenvalue weighted by Gasteiger charge is -2.04. The van der Waals surface area contributed by atoms with Crippen LogP contribution in [0, 0.1) is 0 Å². The van der Waals surface area contributed by atoms with Crippen molar-refractivity contribution in [2.45, 2.75) is 13.5 Å². The highest BCUT2D eigenvalue weighted by atomic mass is 16.3. The Balaban J connectivity index is 1.86. The van der Waals surface area contributed by atoms with Gasteiger partial charge in [-0.3, -0.25) is 9.59 Å². The minimum absolute atomic E-state index is 0.125. The van der Waals surface area contributed by atoms with Crippen LogP contribution in [0.1, 0.15) is 18.2 Å². The Hall–Kier alpha value is -3.09. The van der Waals surface area contributed by atoms with E-state index >= 15 is 0 Å². The molecule has 0 unspecified atom stereocenters. The molecule has 1 heterocycles. The van der Waals surface area contributed by atoms with Gasteiger partial charge in [0.25, 0.3) is 0 Å². The van der Waals surface area contributed by atoms with Crippen LogP contribution >= 0.6 is 0 Å². The largest absolute Gasteiger partial charge is 0.508 e. The highest BCUT2D eigenvalue weighted by Crippen LogP contribution is 2.10. The maximum Gasteiger partial charge on any atom is 0.329 e. The molecule has 2 aromatic rings. The minimum Gasteiger partial charge on any atom is -0.508 e. The van der Waals surface area contributed by atoms with Crippen LogP contribution in [0.2, 0.25) is 0 Å². The highest BCUT2D eigenvalue weighted by molar-refractivity contribution is 6.35. The Morgan fingerprint density at radius 1 is 1.18 bits per heavy atom. The van der Waals surface area contributed by atoms with Gasteiger partial charge in [-0.15, -0.1) is 0 Å². The van der Waals surface area contributed by atoms with E-state index in [-0.39, 0.29) is 12.3 Å². The number of furan rings is 1. The Labute approximate surface area is 126 Å². The molecular weight excluding hydrogens is 286 g/mol. The van der Waals surface area contributed by atoms with Gasteiger partial charge in [-0.25, -0.2) is 5.43 Å². The Morgan fingerprint density at radius 3 is 2.55 bits per heavy atom. The number of hydrogen-bond donors (Lipinski definition) is 3. The van der Waals surface area contributed by atoms with Crippen LogP contribution in [0.25, 0.3) is 0 Å². The number of benzene rings is 1. The van der Waals surface area contributed by atoms with E-state index in [2.05, 4.69) is 15.8 Å². The van der Waals surface area contributed by atoms with Crippen molar-refractivity contribution in [3.8, 4) is 5.75 Å². The van der Waals surface area contributed by atoms with E-state index in [0.29, 0.717) is 17.0 Å². The smallest absolute Gasteiger partial charge is 0.329 e. The molecule has 7 heteroatoms. The zero-order chi connectivity index (χ0) is 15.9. The van der Waals surface area contributed by atoms with Gasteiger partial charge in [-0.1, -0.05) is 0 Å². The number of nitrogens with one attached hydrogen (secondary N) is 2. The van der Waals surface area contributed by atoms with Gasteiger partial charge >= 0.3 is 11.8 Å². The summed E-state index contributed by atoms with van der Waals surface area (Å²) >= 11 is 0. The summed E-state index contributed by atoms with van der Waals surface area (Å²) in [4.78, 5) is 23.2. The molecule has 2 amide bonds. The van der Waals surface area contributed by atoms with Crippen LogP contribution in [-0.2, 0) is 16.1 Å². The second-order valence-electron chi connectivity index (χ2n) is 4.45. The molecule has 3 N–H and O–H groups in total. The average Bonchev–Trinajstić information content (AvgIpc) is 3.04. The fraction of sp³-hybridized carbons (Fsp3) is 0.133. The van der Waals surface area contributed by atoms with Gasteiger partial charge in [0, 0.05) is 0 Å². The number of hydrazone groups is 1. The normalized spacial score (nSPS) is 11.0. The maximum absolute atomic E-state index is 11.6. The van der Waals surface area contributed by atoms with Crippen LogP contribution < -0.4 is 10.7 Å². The SMILES string of the molecule is C/C(=N\NC(=O)C(=O)NCc1ccco1)c1ccc(O)cc1. The fourth-order valence-electron chi connectivity index (χ4n) is 1.61. The number of nitrogens with zero attached hydrogens (tertiary/aromatic N) is 1. The number of hydrogen-bond acceptors (Lipinski definition) is 5. The van der Waals surface area contributed by atoms with E-state index < -0.39 is 11.8 Å². The number of aromatic hydroxyl groups is 1. The van der Waals surface area contributed by atoms with Crippen molar-refractivity contribution >= 4 is 17.5 Å². The lowest BCUT2D eigenvalue weighted by atomic mass is 10.1. The van der Waals surface area contributed by atoms with Crippen LogP contribution in [0.15, 0.2) is 52.2 Å². The zero-order valence-electron chi connectivity index (χ0n) is 11.9. The number of rotatable bonds is 4. The van der Waals surface area contributed by atoms with E-state index in [4.69, 9.17) is 4.42 Å². The van der Waals surface area contributed by atoms with Gasteiger partial charge in [-0.05, 0) is 48.9 Å². The number of carbonyl (C=O) groups is 2. The molecule has 1 aromatic carbocycles. The van der Waals surface area contributed by atoms with Crippen LogP contribution in [0.3, 0.4) is 0 Å². The van der Waals surface area contributed by atoms with E-state index in [9.17, 15) is 14.7 Å². The first-order chi connectivity index (χ1) is 10.6. The summed E-state index contributed by atoms with van der Waals surface area (Å²) in [7, 11) is 0. The lowest BCUT2D eigenvalue weighted by Crippen LogP contribution is -2.37. The van der Waals surface area contributed by atoms with Gasteiger partial charge < -0.3 is 14.8 Å². The minimum atomic E-state index is -0.871. The Bertz CT molecular complexity index is 675. The molecule has 0 aliphatic rings. The van der Waals surface area contributed by atoms with Crippen LogP contribution in [-0.4, -0.2) is 22.6 Å². The van der Waals surface area contributed by atoms with Gasteiger partial charge in [0.05, 0.1) is 18.5 Å². The standard InChI is InChI=1S/C15H15N3O4/c1-10(11-4-6-12(19)7-5-11)17-18-15(21)14(20)16-9-13-3-2-8-22-13/h2-8,19H,9H2,1H3,(H,16,20)(H,18,21)/b17-10+. The summed E-state index contributed by atoms with van der Waals surface area (Å²) < 4.78 is 5.03. The fourth-order valence-corrected chi connectivity index (χ4v) is 1.61. The molecule has 0 radical (unpaired) electrons. The molecule has 0 aliphatic heterocycles. The second-order valence-corrected chi connectivity index (χ2v) is 4.45. The van der Waals surface area contributed by atoms with Gasteiger partial charge in [0.15, 0.2) is 0 Å². The third-order valence-electron chi connectivity index (χ3n) is 2.82. The molecule has 2 rings (SSSR count). The summed E-state index contributed by atoms with van der Waals surface area (Å²) in [5, 5.41) is 15.4. The number of phenols is 1. The molecule has 7 nitrogen and oxygen atoms in total. The van der Waals surface area contributed by atoms with E-state index in [1.807, 2.05) is 0 Å². The topological polar surface area (TPSA) is 104 Å². The predicted octanol–water partition coefficient (Wildman–Crippen LogP) is 1.14. The molecule has 0 saturated heterocycles. The molecule has 0 atom stereocenters. The summed E-state index contributed by atoms with van der Waals surface area (Å²) in [5.74, 6) is -0.994. The first-order valence-corrected chi connectivity index (χ1v) is 6.50. The van der Waals surface area contributed by atoms with Crippen molar-refractivity contribution < 1.29 is 19.1 Å². The third-order valence-corrected chi connectivity index (χ3v) is 2.82. The van der Waals surface area contributed by atoms with Crippen molar-refractivity contribution in [1.82, 2.24) is 10.7 Å². The van der Waals surface area contributed by atoms with E-state index in [0.717, 1.165) is 0 Å². The first kappa shape index (κ1) is 15.3. The van der Waals surface area contributed by atoms with Gasteiger partial charge in [-0.2, -0.15) is 5.10 Å². The monoisotopic (exact) mass is 301 g/mol. The molecule has 0 fully saturated rings.